The van der Waals surface area contributed by atoms with Gasteiger partial charge < -0.3 is 26.5 Å². The molecule has 7 rings (SSSR count). The van der Waals surface area contributed by atoms with Crippen molar-refractivity contribution in [1.82, 2.24) is 0 Å². The monoisotopic (exact) mass is 763 g/mol. The van der Waals surface area contributed by atoms with Crippen LogP contribution in [0.2, 0.25) is 0 Å². The second kappa shape index (κ2) is 19.7. The molecule has 5 aliphatic rings. The Bertz CT molecular complexity index is 1570. The Morgan fingerprint density at radius 3 is 2.13 bits per heavy atom. The molecule has 9 unspecified atom stereocenters. The van der Waals surface area contributed by atoms with E-state index in [4.69, 9.17) is 9.59 Å². The number of allylic oxidation sites excluding steroid dienone is 1. The summed E-state index contributed by atoms with van der Waals surface area (Å²) >= 11 is 0. The molecule has 5 fully saturated rings. The van der Waals surface area contributed by atoms with E-state index in [-0.39, 0.29) is 23.5 Å². The van der Waals surface area contributed by atoms with Crippen molar-refractivity contribution in [3.05, 3.63) is 83.2 Å². The van der Waals surface area contributed by atoms with Gasteiger partial charge in [-0.25, -0.2) is 9.18 Å². The number of aliphatic hydroxyl groups excluding tert-OH is 1. The van der Waals surface area contributed by atoms with Crippen LogP contribution in [0.3, 0.4) is 0 Å². The van der Waals surface area contributed by atoms with Gasteiger partial charge in [-0.05, 0) is 171 Å². The molecular weight excluding hydrogens is 692 g/mol. The van der Waals surface area contributed by atoms with E-state index in [1.165, 1.54) is 88.4 Å². The Kier molecular flexibility index (Phi) is 16.5. The minimum atomic E-state index is -1.21. The van der Waals surface area contributed by atoms with Crippen molar-refractivity contribution in [2.75, 3.05) is 7.05 Å². The molecule has 0 saturated heterocycles. The van der Waals surface area contributed by atoms with E-state index in [1.54, 1.807) is 18.2 Å². The fourth-order valence-corrected chi connectivity index (χ4v) is 13.2. The summed E-state index contributed by atoms with van der Waals surface area (Å²) in [6.07, 6.45) is 18.6. The van der Waals surface area contributed by atoms with Crippen LogP contribution in [-0.4, -0.2) is 42.5 Å². The molecule has 0 bridgehead atoms. The maximum absolute atomic E-state index is 14.8. The lowest BCUT2D eigenvalue weighted by Gasteiger charge is -2.69. The average Bonchev–Trinajstić information content (AvgIpc) is 3.59. The quantitative estimate of drug-likeness (QED) is 0.171. The first-order valence-corrected chi connectivity index (χ1v) is 20.6. The van der Waals surface area contributed by atoms with Crippen molar-refractivity contribution < 1.29 is 29.0 Å². The van der Waals surface area contributed by atoms with Crippen molar-refractivity contribution in [3.8, 4) is 0 Å². The van der Waals surface area contributed by atoms with Crippen molar-refractivity contribution in [1.29, 1.82) is 0 Å². The molecule has 2 aromatic rings. The zero-order valence-electron chi connectivity index (χ0n) is 34.6. The molecule has 55 heavy (non-hydrogen) atoms. The Morgan fingerprint density at radius 1 is 0.855 bits per heavy atom. The van der Waals surface area contributed by atoms with Crippen molar-refractivity contribution in [2.45, 2.75) is 131 Å². The van der Waals surface area contributed by atoms with Gasteiger partial charge in [0.25, 0.3) is 0 Å². The molecule has 0 aliphatic heterocycles. The lowest BCUT2D eigenvalue weighted by Crippen LogP contribution is -2.63. The number of benzene rings is 2. The van der Waals surface area contributed by atoms with Crippen molar-refractivity contribution >= 4 is 19.2 Å². The SMILES string of the molecule is C=CC.C=O.CC1(C)C(O)CCC2(C)C1CCC1(C)C3CCC4(Cc5cccc(CCc6cccc(C(=O)O)c6F)c5)CCCC4C3CCC12.CN.NC=O. The minimum absolute atomic E-state index is 0.0174. The van der Waals surface area contributed by atoms with E-state index in [1.807, 2.05) is 13.7 Å². The Hall–Kier alpha value is -3.36. The second-order valence-electron chi connectivity index (χ2n) is 17.9. The van der Waals surface area contributed by atoms with E-state index < -0.39 is 11.8 Å². The van der Waals surface area contributed by atoms with Gasteiger partial charge in [-0.2, -0.15) is 0 Å². The Morgan fingerprint density at radius 2 is 1.47 bits per heavy atom. The Labute approximate surface area is 330 Å². The largest absolute Gasteiger partial charge is 0.478 e. The van der Waals surface area contributed by atoms with E-state index in [9.17, 15) is 19.4 Å². The molecule has 0 radical (unpaired) electrons. The maximum Gasteiger partial charge on any atom is 0.338 e. The third kappa shape index (κ3) is 9.12. The molecule has 5 saturated carbocycles. The number of halogens is 1. The number of aryl methyl sites for hydroxylation is 2. The zero-order valence-corrected chi connectivity index (χ0v) is 34.6. The number of nitrogens with two attached hydrogens (primary N) is 2. The molecule has 7 nitrogen and oxygen atoms in total. The van der Waals surface area contributed by atoms with Crippen LogP contribution < -0.4 is 11.5 Å². The summed E-state index contributed by atoms with van der Waals surface area (Å²) in [4.78, 5) is 28.0. The number of primary amides is 1. The van der Waals surface area contributed by atoms with Crippen LogP contribution in [0.5, 0.6) is 0 Å². The third-order valence-corrected chi connectivity index (χ3v) is 15.2. The molecule has 1 amide bonds. The summed E-state index contributed by atoms with van der Waals surface area (Å²) in [6.45, 7) is 17.3. The first-order chi connectivity index (χ1) is 26.2. The fourth-order valence-electron chi connectivity index (χ4n) is 13.2. The number of hydrogen-bond donors (Lipinski definition) is 4. The number of aromatic carboxylic acids is 1. The molecule has 0 heterocycles. The number of rotatable bonds is 6. The smallest absolute Gasteiger partial charge is 0.338 e. The van der Waals surface area contributed by atoms with Crippen molar-refractivity contribution in [3.63, 3.8) is 0 Å². The number of carboxylic acids is 1. The first-order valence-electron chi connectivity index (χ1n) is 20.6. The summed E-state index contributed by atoms with van der Waals surface area (Å²) in [5, 5.41) is 20.3. The minimum Gasteiger partial charge on any atom is -0.478 e. The number of carbonyl (C=O) groups is 3. The predicted octanol–water partition coefficient (Wildman–Crippen LogP) is 9.36. The number of fused-ring (bicyclic) bond motifs is 7. The summed E-state index contributed by atoms with van der Waals surface area (Å²) < 4.78 is 14.8. The highest BCUT2D eigenvalue weighted by Crippen LogP contribution is 2.73. The van der Waals surface area contributed by atoms with Gasteiger partial charge in [0.05, 0.1) is 11.7 Å². The molecular formula is C47H71FN2O5. The lowest BCUT2D eigenvalue weighted by atomic mass is 9.36. The van der Waals surface area contributed by atoms with Crippen LogP contribution >= 0.6 is 0 Å². The summed E-state index contributed by atoms with van der Waals surface area (Å²) in [5.74, 6) is 2.10. The van der Waals surface area contributed by atoms with Gasteiger partial charge >= 0.3 is 5.97 Å². The highest BCUT2D eigenvalue weighted by Gasteiger charge is 2.66. The third-order valence-electron chi connectivity index (χ3n) is 15.2. The van der Waals surface area contributed by atoms with Crippen LogP contribution in [-0.2, 0) is 28.9 Å². The fraction of sp³-hybridized carbons (Fsp3) is 0.638. The molecule has 306 valence electrons. The van der Waals surface area contributed by atoms with Gasteiger partial charge in [0.2, 0.25) is 6.41 Å². The van der Waals surface area contributed by atoms with Gasteiger partial charge in [0.15, 0.2) is 0 Å². The molecule has 5 aliphatic carbocycles. The van der Waals surface area contributed by atoms with Gasteiger partial charge in [-0.3, -0.25) is 4.79 Å². The highest BCUT2D eigenvalue weighted by molar-refractivity contribution is 5.88. The average molecular weight is 763 g/mol. The van der Waals surface area contributed by atoms with Crippen LogP contribution in [0.25, 0.3) is 0 Å². The van der Waals surface area contributed by atoms with Crippen LogP contribution in [0, 0.1) is 57.1 Å². The number of carboxylic acid groups (broad SMARTS) is 1. The van der Waals surface area contributed by atoms with Crippen LogP contribution in [0.4, 0.5) is 4.39 Å². The summed E-state index contributed by atoms with van der Waals surface area (Å²) in [5.41, 5.74) is 12.7. The van der Waals surface area contributed by atoms with Gasteiger partial charge in [0, 0.05) is 0 Å². The molecule has 8 heteroatoms. The molecule has 0 aromatic heterocycles. The molecule has 2 aromatic carbocycles. The second-order valence-corrected chi connectivity index (χ2v) is 17.9. The first kappa shape index (κ1) is 46.0. The van der Waals surface area contributed by atoms with Crippen LogP contribution in [0.1, 0.15) is 132 Å². The zero-order chi connectivity index (χ0) is 41.2. The van der Waals surface area contributed by atoms with Crippen LogP contribution in [0.15, 0.2) is 55.1 Å². The number of hydrogen-bond acceptors (Lipinski definition) is 5. The molecule has 0 spiro atoms. The maximum atomic E-state index is 14.8. The van der Waals surface area contributed by atoms with E-state index in [2.05, 4.69) is 70.0 Å². The van der Waals surface area contributed by atoms with Gasteiger partial charge in [-0.1, -0.05) is 76.6 Å². The van der Waals surface area contributed by atoms with Gasteiger partial charge in [-0.15, -0.1) is 6.58 Å². The van der Waals surface area contributed by atoms with Crippen molar-refractivity contribution in [2.24, 2.45) is 62.7 Å². The molecule has 6 N–H and O–H groups in total. The van der Waals surface area contributed by atoms with E-state index >= 15 is 0 Å². The van der Waals surface area contributed by atoms with E-state index in [0.29, 0.717) is 40.6 Å². The predicted molar refractivity (Wildman–Crippen MR) is 221 cm³/mol. The topological polar surface area (TPSA) is 144 Å². The summed E-state index contributed by atoms with van der Waals surface area (Å²) in [6, 6.07) is 13.7. The normalized spacial score (nSPS) is 33.5. The highest BCUT2D eigenvalue weighted by atomic mass is 19.1. The van der Waals surface area contributed by atoms with E-state index in [0.717, 1.165) is 36.5 Å². The number of aliphatic hydroxyl groups is 1. The lowest BCUT2D eigenvalue weighted by molar-refractivity contribution is -0.214. The van der Waals surface area contributed by atoms with Gasteiger partial charge in [0.1, 0.15) is 12.6 Å². The summed E-state index contributed by atoms with van der Waals surface area (Å²) in [7, 11) is 1.50. The molecule has 9 atom stereocenters. The standard InChI is InChI=1S/C41H55FO3.C3H6.CH3NO.CH5N.CH2O/c1-38(2)33-18-21-39(3)31-17-23-41(20-7-12-32(41)29(31)15-16-34(39)40(33,4)22-19-35(38)43)25-27-9-5-8-26(24-27)13-14-28-10-6-11-30(36(28)42)37(44)45;1-3-2;2-1-3;2*1-2/h5-6,8-11,24,29,31-35,43H,7,12-23,25H2,1-4H3,(H,44,45);3H,1H2,2H3;1H,(H2,2,3);2H2,1H3;1H2. The number of amides is 1. The number of carbonyl (C=O) groups excluding carboxylic acids is 2. The Balaban J connectivity index is 0.000000743.